The lowest BCUT2D eigenvalue weighted by atomic mass is 10.4. The predicted molar refractivity (Wildman–Crippen MR) is 42.8 cm³/mol. The molecular weight excluding hydrogens is 144 g/mol. The molecule has 0 saturated carbocycles. The number of hydrogen-bond acceptors (Lipinski definition) is 4. The molecule has 11 heavy (non-hydrogen) atoms. The molecule has 0 spiro atoms. The summed E-state index contributed by atoms with van der Waals surface area (Å²) in [6.07, 6.45) is 1.26. The van der Waals surface area contributed by atoms with Crippen LogP contribution in [0.4, 0.5) is 0 Å². The van der Waals surface area contributed by atoms with E-state index in [4.69, 9.17) is 10.5 Å². The number of carbonyl (C=O) groups is 1. The van der Waals surface area contributed by atoms with Crippen molar-refractivity contribution >= 4 is 5.97 Å². The van der Waals surface area contributed by atoms with Gasteiger partial charge in [0.2, 0.25) is 0 Å². The van der Waals surface area contributed by atoms with Gasteiger partial charge in [-0.2, -0.15) is 0 Å². The van der Waals surface area contributed by atoms with Crippen LogP contribution < -0.4 is 11.1 Å². The molecule has 0 aromatic carbocycles. The molecule has 0 aromatic heterocycles. The van der Waals surface area contributed by atoms with Gasteiger partial charge in [-0.05, 0) is 14.0 Å². The highest BCUT2D eigenvalue weighted by Gasteiger charge is 1.95. The zero-order valence-electron chi connectivity index (χ0n) is 6.89. The number of nitrogens with two attached hydrogens (primary N) is 1. The Hall–Kier alpha value is -1.03. The lowest BCUT2D eigenvalue weighted by Gasteiger charge is -2.00. The van der Waals surface area contributed by atoms with Gasteiger partial charge in [-0.15, -0.1) is 0 Å². The fraction of sp³-hybridized carbons (Fsp3) is 0.571. The highest BCUT2D eigenvalue weighted by molar-refractivity contribution is 5.82. The Kier molecular flexibility index (Phi) is 5.20. The molecule has 0 aliphatic carbocycles. The smallest absolute Gasteiger partial charge is 0.332 e. The Morgan fingerprint density at radius 1 is 1.73 bits per heavy atom. The van der Waals surface area contributed by atoms with E-state index in [-0.39, 0.29) is 5.97 Å². The van der Waals surface area contributed by atoms with E-state index in [9.17, 15) is 4.79 Å². The Labute approximate surface area is 66.4 Å². The lowest BCUT2D eigenvalue weighted by molar-refractivity contribution is -0.137. The first-order valence-corrected chi connectivity index (χ1v) is 3.42. The van der Waals surface area contributed by atoms with Gasteiger partial charge >= 0.3 is 5.97 Å². The zero-order chi connectivity index (χ0) is 8.69. The maximum absolute atomic E-state index is 10.7. The summed E-state index contributed by atoms with van der Waals surface area (Å²) in [4.78, 5) is 10.7. The minimum absolute atomic E-state index is 0.374. The van der Waals surface area contributed by atoms with Crippen molar-refractivity contribution in [2.45, 2.75) is 6.92 Å². The summed E-state index contributed by atoms with van der Waals surface area (Å²) in [7, 11) is 1.79. The van der Waals surface area contributed by atoms with Crippen LogP contribution in [-0.2, 0) is 9.53 Å². The molecule has 0 aliphatic rings. The third kappa shape index (κ3) is 6.86. The molecule has 0 atom stereocenters. The van der Waals surface area contributed by atoms with Gasteiger partial charge in [-0.1, -0.05) is 0 Å². The van der Waals surface area contributed by atoms with Crippen molar-refractivity contribution in [3.8, 4) is 0 Å². The topological polar surface area (TPSA) is 64.3 Å². The van der Waals surface area contributed by atoms with Gasteiger partial charge in [0, 0.05) is 18.3 Å². The monoisotopic (exact) mass is 158 g/mol. The van der Waals surface area contributed by atoms with Crippen LogP contribution >= 0.6 is 0 Å². The minimum atomic E-state index is -0.389. The van der Waals surface area contributed by atoms with E-state index in [1.54, 1.807) is 14.0 Å². The van der Waals surface area contributed by atoms with Crippen molar-refractivity contribution in [2.75, 3.05) is 20.2 Å². The molecule has 4 nitrogen and oxygen atoms in total. The summed E-state index contributed by atoms with van der Waals surface area (Å²) in [5, 5.41) is 2.85. The van der Waals surface area contributed by atoms with Crippen molar-refractivity contribution in [2.24, 2.45) is 5.73 Å². The van der Waals surface area contributed by atoms with E-state index < -0.39 is 0 Å². The molecule has 64 valence electrons. The Morgan fingerprint density at radius 3 is 2.82 bits per heavy atom. The van der Waals surface area contributed by atoms with Gasteiger partial charge in [0.25, 0.3) is 0 Å². The van der Waals surface area contributed by atoms with Crippen LogP contribution in [0, 0.1) is 0 Å². The van der Waals surface area contributed by atoms with Crippen LogP contribution in [-0.4, -0.2) is 26.2 Å². The van der Waals surface area contributed by atoms with Gasteiger partial charge < -0.3 is 15.8 Å². The molecule has 0 aliphatic heterocycles. The normalized spacial score (nSPS) is 11.3. The van der Waals surface area contributed by atoms with Crippen molar-refractivity contribution < 1.29 is 9.53 Å². The quantitative estimate of drug-likeness (QED) is 0.332. The van der Waals surface area contributed by atoms with Gasteiger partial charge in [0.1, 0.15) is 6.61 Å². The van der Waals surface area contributed by atoms with Crippen LogP contribution in [0.15, 0.2) is 11.8 Å². The number of ether oxygens (including phenoxy) is 1. The average Bonchev–Trinajstić information content (AvgIpc) is 1.86. The summed E-state index contributed by atoms with van der Waals surface area (Å²) in [5.41, 5.74) is 5.70. The average molecular weight is 158 g/mol. The third-order valence-electron chi connectivity index (χ3n) is 0.942. The molecule has 0 unspecified atom stereocenters. The lowest BCUT2D eigenvalue weighted by Crippen LogP contribution is -2.16. The van der Waals surface area contributed by atoms with Crippen molar-refractivity contribution in [1.29, 1.82) is 0 Å². The summed E-state index contributed by atoms with van der Waals surface area (Å²) < 4.78 is 4.74. The predicted octanol–water partition coefficient (Wildman–Crippen LogP) is -0.388. The molecule has 4 heteroatoms. The number of likely N-dealkylation sites (N-methyl/N-ethyl adjacent to an activating group) is 1. The molecule has 0 saturated heterocycles. The molecular formula is C7H14N2O2. The highest BCUT2D eigenvalue weighted by Crippen LogP contribution is 1.84. The van der Waals surface area contributed by atoms with Crippen LogP contribution in [0.25, 0.3) is 0 Å². The molecule has 0 radical (unpaired) electrons. The molecule has 0 fully saturated rings. The van der Waals surface area contributed by atoms with Crippen LogP contribution in [0.2, 0.25) is 0 Å². The number of rotatable bonds is 4. The minimum Gasteiger partial charge on any atom is -0.461 e. The van der Waals surface area contributed by atoms with Gasteiger partial charge in [0.15, 0.2) is 0 Å². The van der Waals surface area contributed by atoms with E-state index in [1.165, 1.54) is 6.08 Å². The Bertz CT molecular complexity index is 151. The Morgan fingerprint density at radius 2 is 2.36 bits per heavy atom. The van der Waals surface area contributed by atoms with E-state index in [0.717, 1.165) is 0 Å². The molecule has 0 heterocycles. The first-order chi connectivity index (χ1) is 5.16. The van der Waals surface area contributed by atoms with Gasteiger partial charge in [-0.3, -0.25) is 0 Å². The molecule has 0 rings (SSSR count). The Balaban J connectivity index is 3.46. The van der Waals surface area contributed by atoms with Crippen LogP contribution in [0.5, 0.6) is 0 Å². The summed E-state index contributed by atoms with van der Waals surface area (Å²) in [5.74, 6) is -0.389. The second-order valence-corrected chi connectivity index (χ2v) is 2.16. The fourth-order valence-electron chi connectivity index (χ4n) is 0.481. The molecule has 0 aromatic rings. The maximum Gasteiger partial charge on any atom is 0.332 e. The molecule has 0 bridgehead atoms. The molecule has 0 amide bonds. The highest BCUT2D eigenvalue weighted by atomic mass is 16.5. The van der Waals surface area contributed by atoms with Crippen molar-refractivity contribution in [3.63, 3.8) is 0 Å². The third-order valence-corrected chi connectivity index (χ3v) is 0.942. The second-order valence-electron chi connectivity index (χ2n) is 2.16. The SMILES string of the molecule is CNCCOC(=O)/C=C(/C)N. The van der Waals surface area contributed by atoms with E-state index >= 15 is 0 Å². The second kappa shape index (κ2) is 5.73. The van der Waals surface area contributed by atoms with Crippen molar-refractivity contribution in [3.05, 3.63) is 11.8 Å². The number of esters is 1. The van der Waals surface area contributed by atoms with Crippen molar-refractivity contribution in [1.82, 2.24) is 5.32 Å². The standard InChI is InChI=1S/C7H14N2O2/c1-6(8)5-7(10)11-4-3-9-2/h5,9H,3-4,8H2,1-2H3/b6-5-. The summed E-state index contributed by atoms with van der Waals surface area (Å²) in [6.45, 7) is 2.67. The van der Waals surface area contributed by atoms with Crippen LogP contribution in [0.3, 0.4) is 0 Å². The summed E-state index contributed by atoms with van der Waals surface area (Å²) >= 11 is 0. The van der Waals surface area contributed by atoms with E-state index in [1.807, 2.05) is 0 Å². The summed E-state index contributed by atoms with van der Waals surface area (Å²) in [6, 6.07) is 0. The van der Waals surface area contributed by atoms with Gasteiger partial charge in [-0.25, -0.2) is 4.79 Å². The zero-order valence-corrected chi connectivity index (χ0v) is 6.89. The first kappa shape index (κ1) is 9.97. The van der Waals surface area contributed by atoms with E-state index in [0.29, 0.717) is 18.8 Å². The molecule has 3 N–H and O–H groups in total. The number of nitrogens with one attached hydrogen (secondary N) is 1. The fourth-order valence-corrected chi connectivity index (χ4v) is 0.481. The number of hydrogen-bond donors (Lipinski definition) is 2. The maximum atomic E-state index is 10.7. The van der Waals surface area contributed by atoms with Gasteiger partial charge in [0.05, 0.1) is 0 Å². The number of allylic oxidation sites excluding steroid dienone is 1. The largest absolute Gasteiger partial charge is 0.461 e. The van der Waals surface area contributed by atoms with E-state index in [2.05, 4.69) is 5.32 Å². The first-order valence-electron chi connectivity index (χ1n) is 3.42. The number of carbonyl (C=O) groups excluding carboxylic acids is 1. The van der Waals surface area contributed by atoms with Crippen LogP contribution in [0.1, 0.15) is 6.92 Å².